The maximum atomic E-state index is 13.9. The predicted octanol–water partition coefficient (Wildman–Crippen LogP) is 4.91. The van der Waals surface area contributed by atoms with Crippen molar-refractivity contribution in [2.24, 2.45) is 0 Å². The van der Waals surface area contributed by atoms with E-state index >= 15 is 0 Å². The Morgan fingerprint density at radius 3 is 2.59 bits per heavy atom. The van der Waals surface area contributed by atoms with E-state index in [2.05, 4.69) is 27.9 Å². The van der Waals surface area contributed by atoms with Crippen molar-refractivity contribution in [2.45, 2.75) is 13.0 Å². The van der Waals surface area contributed by atoms with Crippen LogP contribution in [0.15, 0.2) is 54.7 Å². The predicted molar refractivity (Wildman–Crippen MR) is 112 cm³/mol. The van der Waals surface area contributed by atoms with E-state index in [9.17, 15) is 4.39 Å². The molecule has 0 aliphatic carbocycles. The summed E-state index contributed by atoms with van der Waals surface area (Å²) in [5, 5.41) is 11.5. The highest BCUT2D eigenvalue weighted by Crippen LogP contribution is 2.23. The van der Waals surface area contributed by atoms with E-state index in [-0.39, 0.29) is 12.4 Å². The zero-order chi connectivity index (χ0) is 19.2. The maximum absolute atomic E-state index is 13.9. The molecule has 4 nitrogen and oxygen atoms in total. The molecule has 27 heavy (non-hydrogen) atoms. The fraction of sp³-hybridized carbons (Fsp3) is 0.158. The number of benzene rings is 2. The average Bonchev–Trinajstić information content (AvgIpc) is 2.98. The molecule has 2 aromatic carbocycles. The van der Waals surface area contributed by atoms with Gasteiger partial charge in [0.2, 0.25) is 0 Å². The lowest BCUT2D eigenvalue weighted by Gasteiger charge is -2.09. The summed E-state index contributed by atoms with van der Waals surface area (Å²) in [6, 6.07) is 14.7. The number of hydrogen-bond donors (Lipinski definition) is 2. The van der Waals surface area contributed by atoms with Gasteiger partial charge in [-0.15, -0.1) is 0 Å². The molecule has 0 amide bonds. The first-order chi connectivity index (χ1) is 13.0. The lowest BCUT2D eigenvalue weighted by Crippen LogP contribution is -2.30. The summed E-state index contributed by atoms with van der Waals surface area (Å²) in [5.41, 5.74) is 1.57. The van der Waals surface area contributed by atoms with Gasteiger partial charge in [-0.2, -0.15) is 5.10 Å². The van der Waals surface area contributed by atoms with Crippen molar-refractivity contribution in [1.82, 2.24) is 15.1 Å². The molecule has 0 atom stereocenters. The van der Waals surface area contributed by atoms with Crippen LogP contribution in [-0.2, 0) is 13.0 Å². The highest BCUT2D eigenvalue weighted by Gasteiger charge is 2.12. The normalized spacial score (nSPS) is 10.6. The molecular weight excluding hydrogens is 406 g/mol. The number of aromatic nitrogens is 2. The average molecular weight is 423 g/mol. The molecule has 3 rings (SSSR count). The van der Waals surface area contributed by atoms with Gasteiger partial charge in [-0.1, -0.05) is 59.6 Å². The standard InChI is InChI=1S/C19H17Cl2FN4S/c20-15-7-4-8-17(22)14(15)11-26-12-16(21)18(25-26)24-19(27)23-10-9-13-5-2-1-3-6-13/h1-8,12H,9-11H2,(H2,23,24,25,27). The van der Waals surface area contributed by atoms with E-state index in [1.807, 2.05) is 18.2 Å². The second-order valence-electron chi connectivity index (χ2n) is 5.84. The number of hydrogen-bond acceptors (Lipinski definition) is 2. The molecule has 1 aromatic heterocycles. The highest BCUT2D eigenvalue weighted by molar-refractivity contribution is 7.80. The first-order valence-corrected chi connectivity index (χ1v) is 9.44. The molecule has 0 bridgehead atoms. The molecule has 3 aromatic rings. The molecule has 0 saturated heterocycles. The van der Waals surface area contributed by atoms with Gasteiger partial charge >= 0.3 is 0 Å². The molecule has 8 heteroatoms. The van der Waals surface area contributed by atoms with E-state index in [0.29, 0.717) is 33.1 Å². The zero-order valence-corrected chi connectivity index (χ0v) is 16.6. The summed E-state index contributed by atoms with van der Waals surface area (Å²) >= 11 is 17.5. The van der Waals surface area contributed by atoms with Crippen LogP contribution in [0.2, 0.25) is 10.0 Å². The van der Waals surface area contributed by atoms with Gasteiger partial charge in [-0.25, -0.2) is 4.39 Å². The van der Waals surface area contributed by atoms with E-state index in [0.717, 1.165) is 6.42 Å². The van der Waals surface area contributed by atoms with E-state index < -0.39 is 0 Å². The van der Waals surface area contributed by atoms with E-state index in [4.69, 9.17) is 35.4 Å². The molecule has 0 unspecified atom stereocenters. The van der Waals surface area contributed by atoms with Gasteiger partial charge in [0.25, 0.3) is 0 Å². The molecule has 0 radical (unpaired) electrons. The molecule has 2 N–H and O–H groups in total. The lowest BCUT2D eigenvalue weighted by molar-refractivity contribution is 0.586. The van der Waals surface area contributed by atoms with Gasteiger partial charge in [0.15, 0.2) is 10.9 Å². The Bertz CT molecular complexity index is 910. The second-order valence-corrected chi connectivity index (χ2v) is 7.06. The van der Waals surface area contributed by atoms with Gasteiger partial charge in [0.1, 0.15) is 10.8 Å². The van der Waals surface area contributed by atoms with Crippen LogP contribution in [0.5, 0.6) is 0 Å². The quantitative estimate of drug-likeness (QED) is 0.553. The van der Waals surface area contributed by atoms with Crippen molar-refractivity contribution in [2.75, 3.05) is 11.9 Å². The molecule has 0 spiro atoms. The second kappa shape index (κ2) is 9.17. The first-order valence-electron chi connectivity index (χ1n) is 8.27. The van der Waals surface area contributed by atoms with Crippen molar-refractivity contribution in [3.63, 3.8) is 0 Å². The summed E-state index contributed by atoms with van der Waals surface area (Å²) in [6.07, 6.45) is 2.44. The Labute approximate surface area is 172 Å². The SMILES string of the molecule is Fc1cccc(Cl)c1Cn1cc(Cl)c(NC(=S)NCCc2ccccc2)n1. The van der Waals surface area contributed by atoms with Crippen LogP contribution >= 0.6 is 35.4 Å². The van der Waals surface area contributed by atoms with Crippen LogP contribution in [0.25, 0.3) is 0 Å². The van der Waals surface area contributed by atoms with Crippen LogP contribution in [0.4, 0.5) is 10.2 Å². The summed E-state index contributed by atoms with van der Waals surface area (Å²) < 4.78 is 15.4. The lowest BCUT2D eigenvalue weighted by atomic mass is 10.1. The van der Waals surface area contributed by atoms with Gasteiger partial charge in [0, 0.05) is 23.3 Å². The number of thiocarbonyl (C=S) groups is 1. The fourth-order valence-electron chi connectivity index (χ4n) is 2.52. The number of rotatable bonds is 6. The molecule has 0 aliphatic heterocycles. The minimum Gasteiger partial charge on any atom is -0.362 e. The molecule has 140 valence electrons. The van der Waals surface area contributed by atoms with Crippen molar-refractivity contribution >= 4 is 46.4 Å². The van der Waals surface area contributed by atoms with Crippen molar-refractivity contribution in [3.8, 4) is 0 Å². The van der Waals surface area contributed by atoms with Crippen LogP contribution in [0, 0.1) is 5.82 Å². The van der Waals surface area contributed by atoms with Crippen molar-refractivity contribution < 1.29 is 4.39 Å². The summed E-state index contributed by atoms with van der Waals surface area (Å²) in [7, 11) is 0. The van der Waals surface area contributed by atoms with Crippen molar-refractivity contribution in [1.29, 1.82) is 0 Å². The molecule has 1 heterocycles. The Morgan fingerprint density at radius 1 is 1.07 bits per heavy atom. The fourth-order valence-corrected chi connectivity index (χ4v) is 3.14. The van der Waals surface area contributed by atoms with Gasteiger partial charge in [-0.05, 0) is 36.3 Å². The summed E-state index contributed by atoms with van der Waals surface area (Å²) in [4.78, 5) is 0. The van der Waals surface area contributed by atoms with Crippen LogP contribution in [0.3, 0.4) is 0 Å². The smallest absolute Gasteiger partial charge is 0.173 e. The Morgan fingerprint density at radius 2 is 1.85 bits per heavy atom. The van der Waals surface area contributed by atoms with Crippen LogP contribution in [-0.4, -0.2) is 21.4 Å². The Hall–Kier alpha value is -2.15. The number of anilines is 1. The van der Waals surface area contributed by atoms with Gasteiger partial charge in [-0.3, -0.25) is 4.68 Å². The molecule has 0 fully saturated rings. The van der Waals surface area contributed by atoms with Gasteiger partial charge < -0.3 is 10.6 Å². The number of halogens is 3. The minimum atomic E-state index is -0.387. The van der Waals surface area contributed by atoms with E-state index in [1.165, 1.54) is 16.3 Å². The number of nitrogens with one attached hydrogen (secondary N) is 2. The van der Waals surface area contributed by atoms with Crippen molar-refractivity contribution in [3.05, 3.63) is 81.7 Å². The third-order valence-corrected chi connectivity index (χ3v) is 4.75. The molecular formula is C19H17Cl2FN4S. The maximum Gasteiger partial charge on any atom is 0.173 e. The summed E-state index contributed by atoms with van der Waals surface area (Å²) in [6.45, 7) is 0.847. The highest BCUT2D eigenvalue weighted by atomic mass is 35.5. The molecule has 0 saturated carbocycles. The number of nitrogens with zero attached hydrogens (tertiary/aromatic N) is 2. The largest absolute Gasteiger partial charge is 0.362 e. The van der Waals surface area contributed by atoms with E-state index in [1.54, 1.807) is 18.3 Å². The monoisotopic (exact) mass is 422 g/mol. The van der Waals surface area contributed by atoms with Crippen LogP contribution < -0.4 is 10.6 Å². The third kappa shape index (κ3) is 5.42. The van der Waals surface area contributed by atoms with Gasteiger partial charge in [0.05, 0.1) is 6.54 Å². The summed E-state index contributed by atoms with van der Waals surface area (Å²) in [5.74, 6) is 0.0167. The topological polar surface area (TPSA) is 41.9 Å². The van der Waals surface area contributed by atoms with Crippen LogP contribution in [0.1, 0.15) is 11.1 Å². The first kappa shape index (κ1) is 19.6. The zero-order valence-electron chi connectivity index (χ0n) is 14.3. The Balaban J connectivity index is 1.57. The minimum absolute atomic E-state index is 0.168. The Kier molecular flexibility index (Phi) is 6.66. The third-order valence-electron chi connectivity index (χ3n) is 3.87. The molecule has 0 aliphatic rings.